The highest BCUT2D eigenvalue weighted by atomic mass is 35.5. The van der Waals surface area contributed by atoms with Crippen LogP contribution in [-0.4, -0.2) is 42.4 Å². The maximum atomic E-state index is 12.2. The lowest BCUT2D eigenvalue weighted by atomic mass is 9.96. The van der Waals surface area contributed by atoms with Gasteiger partial charge in [0.2, 0.25) is 11.8 Å². The van der Waals surface area contributed by atoms with Gasteiger partial charge in [0.1, 0.15) is 0 Å². The summed E-state index contributed by atoms with van der Waals surface area (Å²) < 4.78 is 0. The predicted octanol–water partition coefficient (Wildman–Crippen LogP) is 1.30. The first-order valence-corrected chi connectivity index (χ1v) is 7.34. The van der Waals surface area contributed by atoms with Crippen LogP contribution in [-0.2, 0) is 9.59 Å². The zero-order chi connectivity index (χ0) is 14.3. The normalized spacial score (nSPS) is 19.9. The van der Waals surface area contributed by atoms with Gasteiger partial charge in [0.25, 0.3) is 0 Å². The quantitative estimate of drug-likeness (QED) is 0.776. The maximum Gasteiger partial charge on any atom is 0.225 e. The largest absolute Gasteiger partial charge is 0.352 e. The number of likely N-dealkylation sites (tertiary alicyclic amines) is 1. The van der Waals surface area contributed by atoms with E-state index in [4.69, 9.17) is 5.73 Å². The van der Waals surface area contributed by atoms with Crippen LogP contribution < -0.4 is 11.1 Å². The van der Waals surface area contributed by atoms with Gasteiger partial charge in [-0.1, -0.05) is 19.8 Å². The fourth-order valence-electron chi connectivity index (χ4n) is 2.50. The molecule has 2 amide bonds. The van der Waals surface area contributed by atoms with E-state index in [2.05, 4.69) is 12.2 Å². The van der Waals surface area contributed by atoms with E-state index in [0.29, 0.717) is 13.1 Å². The van der Waals surface area contributed by atoms with Crippen molar-refractivity contribution in [2.45, 2.75) is 52.0 Å². The number of halogens is 1. The predicted molar refractivity (Wildman–Crippen MR) is 82.7 cm³/mol. The van der Waals surface area contributed by atoms with E-state index >= 15 is 0 Å². The zero-order valence-electron chi connectivity index (χ0n) is 12.6. The third-order valence-corrected chi connectivity index (χ3v) is 3.77. The molecule has 0 aliphatic carbocycles. The molecule has 0 aromatic carbocycles. The second kappa shape index (κ2) is 10.00. The van der Waals surface area contributed by atoms with Crippen LogP contribution >= 0.6 is 12.4 Å². The maximum absolute atomic E-state index is 12.2. The number of hydrogen-bond acceptors (Lipinski definition) is 3. The zero-order valence-corrected chi connectivity index (χ0v) is 13.4. The van der Waals surface area contributed by atoms with Crippen molar-refractivity contribution in [2.75, 3.05) is 19.6 Å². The lowest BCUT2D eigenvalue weighted by Crippen LogP contribution is -2.48. The minimum absolute atomic E-state index is 0. The first-order chi connectivity index (χ1) is 9.08. The highest BCUT2D eigenvalue weighted by molar-refractivity contribution is 5.85. The van der Waals surface area contributed by atoms with Crippen molar-refractivity contribution in [3.05, 3.63) is 0 Å². The molecule has 1 saturated heterocycles. The Bertz CT molecular complexity index is 313. The van der Waals surface area contributed by atoms with Gasteiger partial charge in [-0.05, 0) is 19.3 Å². The van der Waals surface area contributed by atoms with Gasteiger partial charge in [-0.3, -0.25) is 9.59 Å². The van der Waals surface area contributed by atoms with Gasteiger partial charge in [-0.15, -0.1) is 12.4 Å². The molecule has 5 nitrogen and oxygen atoms in total. The van der Waals surface area contributed by atoms with Crippen molar-refractivity contribution in [1.29, 1.82) is 0 Å². The SMILES string of the molecule is CCCCC(CN)NC(=O)C1CCCN(C(C)=O)C1.Cl. The van der Waals surface area contributed by atoms with Crippen molar-refractivity contribution in [3.63, 3.8) is 0 Å². The van der Waals surface area contributed by atoms with Crippen LogP contribution in [0.4, 0.5) is 0 Å². The smallest absolute Gasteiger partial charge is 0.225 e. The van der Waals surface area contributed by atoms with Crippen LogP contribution in [0.25, 0.3) is 0 Å². The first kappa shape index (κ1) is 19.2. The number of hydrogen-bond donors (Lipinski definition) is 2. The number of piperidine rings is 1. The molecule has 0 aromatic rings. The number of nitrogens with two attached hydrogens (primary N) is 1. The molecule has 2 atom stereocenters. The third kappa shape index (κ3) is 6.09. The summed E-state index contributed by atoms with van der Waals surface area (Å²) in [6, 6.07) is 0.0696. The second-order valence-corrected chi connectivity index (χ2v) is 5.39. The number of unbranched alkanes of at least 4 members (excludes halogenated alkanes) is 1. The van der Waals surface area contributed by atoms with E-state index in [0.717, 1.165) is 38.6 Å². The van der Waals surface area contributed by atoms with Gasteiger partial charge >= 0.3 is 0 Å². The van der Waals surface area contributed by atoms with Gasteiger partial charge in [0, 0.05) is 32.6 Å². The molecule has 0 bridgehead atoms. The van der Waals surface area contributed by atoms with E-state index in [1.807, 2.05) is 0 Å². The van der Waals surface area contributed by atoms with Crippen molar-refractivity contribution < 1.29 is 9.59 Å². The summed E-state index contributed by atoms with van der Waals surface area (Å²) in [5.74, 6) is 0.0321. The number of carbonyl (C=O) groups is 2. The molecule has 0 saturated carbocycles. The number of amides is 2. The summed E-state index contributed by atoms with van der Waals surface area (Å²) in [4.78, 5) is 25.3. The molecule has 0 aromatic heterocycles. The Kier molecular flexibility index (Phi) is 9.59. The number of carbonyl (C=O) groups excluding carboxylic acids is 2. The summed E-state index contributed by atoms with van der Waals surface area (Å²) in [7, 11) is 0. The van der Waals surface area contributed by atoms with Gasteiger partial charge < -0.3 is 16.0 Å². The Balaban J connectivity index is 0.00000361. The molecule has 0 spiro atoms. The van der Waals surface area contributed by atoms with E-state index in [1.54, 1.807) is 11.8 Å². The van der Waals surface area contributed by atoms with Crippen LogP contribution in [0.5, 0.6) is 0 Å². The standard InChI is InChI=1S/C14H27N3O2.ClH/c1-3-4-7-13(9-15)16-14(19)12-6-5-8-17(10-12)11(2)18;/h12-13H,3-10,15H2,1-2H3,(H,16,19);1H. The molecule has 1 fully saturated rings. The van der Waals surface area contributed by atoms with E-state index < -0.39 is 0 Å². The van der Waals surface area contributed by atoms with Crippen molar-refractivity contribution >= 4 is 24.2 Å². The Morgan fingerprint density at radius 2 is 2.15 bits per heavy atom. The summed E-state index contributed by atoms with van der Waals surface area (Å²) in [6.45, 7) is 5.49. The lowest BCUT2D eigenvalue weighted by Gasteiger charge is -2.32. The van der Waals surface area contributed by atoms with E-state index in [9.17, 15) is 9.59 Å². The first-order valence-electron chi connectivity index (χ1n) is 7.34. The molecule has 1 heterocycles. The summed E-state index contributed by atoms with van der Waals surface area (Å²) in [5.41, 5.74) is 5.69. The molecule has 1 rings (SSSR count). The van der Waals surface area contributed by atoms with Gasteiger partial charge in [-0.25, -0.2) is 0 Å². The summed E-state index contributed by atoms with van der Waals surface area (Å²) in [6.07, 6.45) is 4.88. The van der Waals surface area contributed by atoms with Crippen LogP contribution in [0.1, 0.15) is 46.0 Å². The monoisotopic (exact) mass is 305 g/mol. The Morgan fingerprint density at radius 1 is 1.45 bits per heavy atom. The molecule has 0 radical (unpaired) electrons. The third-order valence-electron chi connectivity index (χ3n) is 3.77. The highest BCUT2D eigenvalue weighted by Crippen LogP contribution is 2.17. The van der Waals surface area contributed by atoms with Crippen molar-refractivity contribution in [3.8, 4) is 0 Å². The minimum atomic E-state index is -0.0756. The Morgan fingerprint density at radius 3 is 2.70 bits per heavy atom. The average Bonchev–Trinajstić information content (AvgIpc) is 2.43. The minimum Gasteiger partial charge on any atom is -0.352 e. The number of rotatable bonds is 6. The van der Waals surface area contributed by atoms with Crippen molar-refractivity contribution in [2.24, 2.45) is 11.7 Å². The Hall–Kier alpha value is -0.810. The van der Waals surface area contributed by atoms with Gasteiger partial charge in [0.05, 0.1) is 5.92 Å². The molecule has 1 aliphatic rings. The van der Waals surface area contributed by atoms with Crippen LogP contribution in [0.15, 0.2) is 0 Å². The second-order valence-electron chi connectivity index (χ2n) is 5.39. The fraction of sp³-hybridized carbons (Fsp3) is 0.857. The topological polar surface area (TPSA) is 75.4 Å². The van der Waals surface area contributed by atoms with Crippen LogP contribution in [0.2, 0.25) is 0 Å². The molecule has 118 valence electrons. The average molecular weight is 306 g/mol. The molecular weight excluding hydrogens is 278 g/mol. The summed E-state index contributed by atoms with van der Waals surface area (Å²) >= 11 is 0. The summed E-state index contributed by atoms with van der Waals surface area (Å²) in [5, 5.41) is 3.03. The Labute approximate surface area is 128 Å². The molecule has 3 N–H and O–H groups in total. The van der Waals surface area contributed by atoms with Gasteiger partial charge in [-0.2, -0.15) is 0 Å². The molecule has 6 heteroatoms. The molecule has 20 heavy (non-hydrogen) atoms. The van der Waals surface area contributed by atoms with E-state index in [-0.39, 0.29) is 36.2 Å². The number of nitrogens with zero attached hydrogens (tertiary/aromatic N) is 1. The molecular formula is C14H28ClN3O2. The fourth-order valence-corrected chi connectivity index (χ4v) is 2.50. The number of nitrogens with one attached hydrogen (secondary N) is 1. The highest BCUT2D eigenvalue weighted by Gasteiger charge is 2.27. The van der Waals surface area contributed by atoms with Gasteiger partial charge in [0.15, 0.2) is 0 Å². The van der Waals surface area contributed by atoms with Crippen molar-refractivity contribution in [1.82, 2.24) is 10.2 Å². The van der Waals surface area contributed by atoms with Crippen LogP contribution in [0.3, 0.4) is 0 Å². The molecule has 2 unspecified atom stereocenters. The molecule has 1 aliphatic heterocycles. The lowest BCUT2D eigenvalue weighted by molar-refractivity contribution is -0.134. The van der Waals surface area contributed by atoms with Crippen LogP contribution in [0, 0.1) is 5.92 Å². The van der Waals surface area contributed by atoms with E-state index in [1.165, 1.54) is 0 Å².